The Morgan fingerprint density at radius 3 is 3.08 bits per heavy atom. The molecule has 0 aliphatic carbocycles. The number of nitrogens with one attached hydrogen (secondary N) is 2. The summed E-state index contributed by atoms with van der Waals surface area (Å²) < 4.78 is 5.48. The number of halogens is 1. The quantitative estimate of drug-likeness (QED) is 0.796. The van der Waals surface area contributed by atoms with Gasteiger partial charge < -0.3 is 15.1 Å². The smallest absolute Gasteiger partial charge is 0.320 e. The van der Waals surface area contributed by atoms with Crippen molar-refractivity contribution < 1.29 is 4.42 Å². The predicted molar refractivity (Wildman–Crippen MR) is 100 cm³/mol. The van der Waals surface area contributed by atoms with Gasteiger partial charge in [-0.05, 0) is 37.1 Å². The van der Waals surface area contributed by atoms with Gasteiger partial charge in [0.15, 0.2) is 0 Å². The molecule has 0 amide bonds. The van der Waals surface area contributed by atoms with Crippen LogP contribution in [0.5, 0.6) is 0 Å². The maximum Gasteiger partial charge on any atom is 0.320 e. The molecular formula is C17H23ClN6O. The molecule has 1 aromatic carbocycles. The Balaban J connectivity index is 1.78. The second kappa shape index (κ2) is 7.95. The number of anilines is 2. The van der Waals surface area contributed by atoms with Crippen LogP contribution in [0.4, 0.5) is 11.7 Å². The second-order valence-electron chi connectivity index (χ2n) is 6.29. The molecule has 3 rings (SSSR count). The monoisotopic (exact) mass is 362 g/mol. The first-order chi connectivity index (χ1) is 12.0. The fourth-order valence-corrected chi connectivity index (χ4v) is 3.23. The normalized spacial score (nSPS) is 18.8. The van der Waals surface area contributed by atoms with E-state index >= 15 is 0 Å². The first-order valence-corrected chi connectivity index (χ1v) is 8.70. The van der Waals surface area contributed by atoms with Crippen molar-refractivity contribution in [2.24, 2.45) is 4.99 Å². The topological polar surface area (TPSA) is 78.6 Å². The van der Waals surface area contributed by atoms with Crippen LogP contribution >= 0.6 is 11.6 Å². The molecule has 0 unspecified atom stereocenters. The highest BCUT2D eigenvalue weighted by Gasteiger charge is 2.18. The van der Waals surface area contributed by atoms with Gasteiger partial charge in [0.2, 0.25) is 0 Å². The van der Waals surface area contributed by atoms with Gasteiger partial charge in [-0.3, -0.25) is 9.89 Å². The van der Waals surface area contributed by atoms with Crippen LogP contribution in [0.1, 0.15) is 23.9 Å². The van der Waals surface area contributed by atoms with Gasteiger partial charge >= 0.3 is 6.01 Å². The zero-order chi connectivity index (χ0) is 17.8. The van der Waals surface area contributed by atoms with E-state index in [9.17, 15) is 0 Å². The highest BCUT2D eigenvalue weighted by molar-refractivity contribution is 6.31. The van der Waals surface area contributed by atoms with Crippen molar-refractivity contribution in [1.29, 1.82) is 0 Å². The number of aromatic nitrogens is 2. The van der Waals surface area contributed by atoms with E-state index < -0.39 is 0 Å². The Labute approximate surface area is 152 Å². The highest BCUT2D eigenvalue weighted by Crippen LogP contribution is 2.28. The van der Waals surface area contributed by atoms with E-state index in [1.165, 1.54) is 11.8 Å². The summed E-state index contributed by atoms with van der Waals surface area (Å²) in [7, 11) is 1.65. The Kier molecular flexibility index (Phi) is 5.67. The van der Waals surface area contributed by atoms with Crippen molar-refractivity contribution in [2.75, 3.05) is 32.0 Å². The van der Waals surface area contributed by atoms with Crippen LogP contribution < -0.4 is 10.6 Å². The molecule has 1 fully saturated rings. The summed E-state index contributed by atoms with van der Waals surface area (Å²) in [5.74, 6) is 0.361. The molecule has 1 saturated heterocycles. The fourth-order valence-electron chi connectivity index (χ4n) is 2.99. The van der Waals surface area contributed by atoms with Gasteiger partial charge in [0.1, 0.15) is 0 Å². The number of piperazine rings is 1. The average Bonchev–Trinajstić information content (AvgIpc) is 2.99. The lowest BCUT2D eigenvalue weighted by molar-refractivity contribution is 0.199. The molecule has 0 radical (unpaired) electrons. The third-order valence-corrected chi connectivity index (χ3v) is 4.47. The van der Waals surface area contributed by atoms with E-state index in [0.29, 0.717) is 23.0 Å². The van der Waals surface area contributed by atoms with Crippen molar-refractivity contribution in [2.45, 2.75) is 26.4 Å². The van der Waals surface area contributed by atoms with Crippen molar-refractivity contribution in [3.05, 3.63) is 34.2 Å². The maximum atomic E-state index is 6.33. The van der Waals surface area contributed by atoms with E-state index in [0.717, 1.165) is 37.4 Å². The second-order valence-corrected chi connectivity index (χ2v) is 6.72. The number of aliphatic imine (C=N–C) groups is 1. The van der Waals surface area contributed by atoms with Crippen LogP contribution in [0, 0.1) is 6.92 Å². The highest BCUT2D eigenvalue weighted by atomic mass is 35.5. The lowest BCUT2D eigenvalue weighted by atomic mass is 10.1. The predicted octanol–water partition coefficient (Wildman–Crippen LogP) is 2.62. The van der Waals surface area contributed by atoms with Gasteiger partial charge in [-0.25, -0.2) is 0 Å². The summed E-state index contributed by atoms with van der Waals surface area (Å²) in [6.45, 7) is 8.21. The molecule has 134 valence electrons. The summed E-state index contributed by atoms with van der Waals surface area (Å²) >= 11 is 6.33. The summed E-state index contributed by atoms with van der Waals surface area (Å²) in [6, 6.07) is 4.72. The molecule has 2 N–H and O–H groups in total. The summed E-state index contributed by atoms with van der Waals surface area (Å²) in [6.07, 6.45) is 1.51. The Morgan fingerprint density at radius 2 is 2.32 bits per heavy atom. The molecule has 0 saturated carbocycles. The number of nitrogens with zero attached hydrogens (tertiary/aromatic N) is 4. The average molecular weight is 363 g/mol. The Bertz CT molecular complexity index is 760. The van der Waals surface area contributed by atoms with Crippen LogP contribution in [0.2, 0.25) is 5.02 Å². The third-order valence-electron chi connectivity index (χ3n) is 4.25. The van der Waals surface area contributed by atoms with Crippen LogP contribution in [0.15, 0.2) is 21.5 Å². The minimum atomic E-state index is 0.321. The zero-order valence-electron chi connectivity index (χ0n) is 14.7. The summed E-state index contributed by atoms with van der Waals surface area (Å²) in [5, 5.41) is 15.2. The molecule has 25 heavy (non-hydrogen) atoms. The van der Waals surface area contributed by atoms with E-state index in [1.807, 2.05) is 12.1 Å². The van der Waals surface area contributed by atoms with E-state index in [2.05, 4.69) is 44.6 Å². The van der Waals surface area contributed by atoms with Gasteiger partial charge in [0.25, 0.3) is 5.89 Å². The largest absolute Gasteiger partial charge is 0.402 e. The lowest BCUT2D eigenvalue weighted by Gasteiger charge is -2.32. The van der Waals surface area contributed by atoms with Gasteiger partial charge in [0, 0.05) is 50.0 Å². The molecule has 0 spiro atoms. The molecular weight excluding hydrogens is 340 g/mol. The molecule has 1 aliphatic rings. The van der Waals surface area contributed by atoms with Crippen LogP contribution in [-0.4, -0.2) is 54.0 Å². The minimum Gasteiger partial charge on any atom is -0.402 e. The van der Waals surface area contributed by atoms with Gasteiger partial charge in [-0.15, -0.1) is 5.10 Å². The number of hydrogen-bond acceptors (Lipinski definition) is 7. The van der Waals surface area contributed by atoms with Gasteiger partial charge in [-0.2, -0.15) is 0 Å². The SMILES string of the molecule is C/N=C\c1nnc(Nc2cc(Cl)cc(CN3CCN[C@@H](C)C3)c2C)o1. The van der Waals surface area contributed by atoms with Gasteiger partial charge in [0.05, 0.1) is 6.21 Å². The molecule has 1 aliphatic heterocycles. The number of hydrogen-bond donors (Lipinski definition) is 2. The molecule has 8 heteroatoms. The van der Waals surface area contributed by atoms with Crippen molar-refractivity contribution in [3.8, 4) is 0 Å². The van der Waals surface area contributed by atoms with Crippen LogP contribution in [-0.2, 0) is 6.54 Å². The minimum absolute atomic E-state index is 0.321. The first-order valence-electron chi connectivity index (χ1n) is 8.32. The molecule has 7 nitrogen and oxygen atoms in total. The number of rotatable bonds is 5. The van der Waals surface area contributed by atoms with Crippen LogP contribution in [0.3, 0.4) is 0 Å². The molecule has 1 aromatic heterocycles. The lowest BCUT2D eigenvalue weighted by Crippen LogP contribution is -2.48. The first kappa shape index (κ1) is 17.8. The van der Waals surface area contributed by atoms with E-state index in [1.54, 1.807) is 7.05 Å². The fraction of sp³-hybridized carbons (Fsp3) is 0.471. The van der Waals surface area contributed by atoms with Crippen LogP contribution in [0.25, 0.3) is 0 Å². The standard InChI is InChI=1S/C17H23ClN6O/c1-11-9-24(5-4-20-11)10-13-6-14(18)7-15(12(13)2)21-17-23-22-16(25-17)8-19-3/h6-8,11,20H,4-5,9-10H2,1-3H3,(H,21,23)/b19-8-/t11-/m0/s1. The molecule has 2 aromatic rings. The van der Waals surface area contributed by atoms with Crippen molar-refractivity contribution in [3.63, 3.8) is 0 Å². The summed E-state index contributed by atoms with van der Waals surface area (Å²) in [4.78, 5) is 6.30. The maximum absolute atomic E-state index is 6.33. The van der Waals surface area contributed by atoms with Gasteiger partial charge in [-0.1, -0.05) is 16.7 Å². The Morgan fingerprint density at radius 1 is 1.48 bits per heavy atom. The molecule has 2 heterocycles. The van der Waals surface area contributed by atoms with E-state index in [-0.39, 0.29) is 0 Å². The summed E-state index contributed by atoms with van der Waals surface area (Å²) in [5.41, 5.74) is 3.19. The molecule has 0 bridgehead atoms. The zero-order valence-corrected chi connectivity index (χ0v) is 15.5. The third kappa shape index (κ3) is 4.56. The Hall–Kier alpha value is -1.96. The van der Waals surface area contributed by atoms with Crippen molar-refractivity contribution in [1.82, 2.24) is 20.4 Å². The van der Waals surface area contributed by atoms with Crippen molar-refractivity contribution >= 4 is 29.5 Å². The number of benzene rings is 1. The van der Waals surface area contributed by atoms with E-state index in [4.69, 9.17) is 16.0 Å². The molecule has 1 atom stereocenters.